The molecule has 2 N–H and O–H groups in total. The number of hydrogen-bond donors (Lipinski definition) is 2. The summed E-state index contributed by atoms with van der Waals surface area (Å²) in [5, 5.41) is 5.81. The van der Waals surface area contributed by atoms with Gasteiger partial charge in [-0.2, -0.15) is 0 Å². The predicted octanol–water partition coefficient (Wildman–Crippen LogP) is 3.06. The fourth-order valence-corrected chi connectivity index (χ4v) is 3.63. The number of carbonyl (C=O) groups is 2. The Balaban J connectivity index is 1.68. The van der Waals surface area contributed by atoms with Crippen LogP contribution in [0.2, 0.25) is 0 Å². The van der Waals surface area contributed by atoms with Gasteiger partial charge in [0.25, 0.3) is 5.91 Å². The van der Waals surface area contributed by atoms with Gasteiger partial charge < -0.3 is 10.6 Å². The summed E-state index contributed by atoms with van der Waals surface area (Å²) in [6.07, 6.45) is 7.09. The summed E-state index contributed by atoms with van der Waals surface area (Å²) in [5.41, 5.74) is 0.803. The number of amides is 2. The number of para-hydroxylation sites is 1. The molecule has 1 aliphatic heterocycles. The quantitative estimate of drug-likeness (QED) is 0.826. The van der Waals surface area contributed by atoms with Crippen LogP contribution in [0.25, 0.3) is 0 Å². The van der Waals surface area contributed by atoms with Crippen molar-refractivity contribution in [2.45, 2.75) is 43.0 Å². The van der Waals surface area contributed by atoms with Crippen molar-refractivity contribution in [1.29, 1.82) is 0 Å². The van der Waals surface area contributed by atoms with E-state index in [1.807, 2.05) is 24.3 Å². The molecule has 1 heterocycles. The van der Waals surface area contributed by atoms with Crippen LogP contribution in [0, 0.1) is 0 Å². The number of hydrogen-bond acceptors (Lipinski definition) is 3. The van der Waals surface area contributed by atoms with Gasteiger partial charge in [-0.25, -0.2) is 0 Å². The first kappa shape index (κ1) is 14.2. The van der Waals surface area contributed by atoms with Gasteiger partial charge >= 0.3 is 0 Å². The van der Waals surface area contributed by atoms with Gasteiger partial charge in [-0.3, -0.25) is 9.59 Å². The predicted molar refractivity (Wildman–Crippen MR) is 84.0 cm³/mol. The molecule has 5 heteroatoms. The van der Waals surface area contributed by atoms with E-state index in [1.165, 1.54) is 37.1 Å². The van der Waals surface area contributed by atoms with Crippen molar-refractivity contribution in [2.24, 2.45) is 0 Å². The van der Waals surface area contributed by atoms with Crippen molar-refractivity contribution in [3.05, 3.63) is 35.2 Å². The minimum atomic E-state index is -0.211. The monoisotopic (exact) mass is 302 g/mol. The van der Waals surface area contributed by atoms with Crippen LogP contribution in [0.15, 0.2) is 40.1 Å². The summed E-state index contributed by atoms with van der Waals surface area (Å²) in [5.74, 6) is -0.378. The fourth-order valence-electron chi connectivity index (χ4n) is 2.71. The number of fused-ring (bicyclic) bond motifs is 1. The Morgan fingerprint density at radius 3 is 2.81 bits per heavy atom. The maximum atomic E-state index is 12.1. The Labute approximate surface area is 128 Å². The van der Waals surface area contributed by atoms with Crippen molar-refractivity contribution in [1.82, 2.24) is 5.32 Å². The fraction of sp³-hybridized carbons (Fsp3) is 0.375. The smallest absolute Gasteiger partial charge is 0.262 e. The van der Waals surface area contributed by atoms with E-state index < -0.39 is 0 Å². The lowest BCUT2D eigenvalue weighted by molar-refractivity contribution is -0.118. The molecule has 2 aliphatic rings. The van der Waals surface area contributed by atoms with Crippen LogP contribution in [-0.4, -0.2) is 17.9 Å². The standard InChI is InChI=1S/C16H18N2O2S/c19-15(17-11-6-2-1-3-7-11)10-14-16(20)18-12-8-4-5-9-13(12)21-14/h4-5,8-11H,1-3,6-7H2,(H,17,19)(H,18,20)/b14-10-. The molecule has 0 radical (unpaired) electrons. The van der Waals surface area contributed by atoms with Crippen LogP contribution in [0.3, 0.4) is 0 Å². The first-order valence-electron chi connectivity index (χ1n) is 7.33. The molecule has 1 fully saturated rings. The average molecular weight is 302 g/mol. The van der Waals surface area contributed by atoms with E-state index in [0.29, 0.717) is 4.91 Å². The molecule has 0 aromatic heterocycles. The highest BCUT2D eigenvalue weighted by atomic mass is 32.2. The highest BCUT2D eigenvalue weighted by Gasteiger charge is 2.22. The van der Waals surface area contributed by atoms with Crippen LogP contribution in [0.4, 0.5) is 5.69 Å². The molecule has 3 rings (SSSR count). The molecular formula is C16H18N2O2S. The summed E-state index contributed by atoms with van der Waals surface area (Å²) in [4.78, 5) is 25.5. The average Bonchev–Trinajstić information content (AvgIpc) is 2.49. The van der Waals surface area contributed by atoms with Gasteiger partial charge in [-0.1, -0.05) is 43.2 Å². The van der Waals surface area contributed by atoms with Gasteiger partial charge in [0, 0.05) is 17.0 Å². The van der Waals surface area contributed by atoms with Crippen molar-refractivity contribution in [3.63, 3.8) is 0 Å². The molecule has 0 atom stereocenters. The third kappa shape index (κ3) is 3.47. The van der Waals surface area contributed by atoms with Crippen LogP contribution in [0.5, 0.6) is 0 Å². The second kappa shape index (κ2) is 6.35. The lowest BCUT2D eigenvalue weighted by atomic mass is 9.95. The number of benzene rings is 1. The molecule has 1 aromatic rings. The number of thioether (sulfide) groups is 1. The molecule has 0 spiro atoms. The minimum Gasteiger partial charge on any atom is -0.350 e. The SMILES string of the molecule is O=C(/C=C1\Sc2ccccc2NC1=O)NC1CCCCC1. The summed E-state index contributed by atoms with van der Waals surface area (Å²) < 4.78 is 0. The number of anilines is 1. The van der Waals surface area contributed by atoms with Crippen molar-refractivity contribution in [3.8, 4) is 0 Å². The van der Waals surface area contributed by atoms with Crippen LogP contribution >= 0.6 is 11.8 Å². The summed E-state index contributed by atoms with van der Waals surface area (Å²) in [6, 6.07) is 7.85. The third-order valence-corrected chi connectivity index (χ3v) is 4.89. The Morgan fingerprint density at radius 1 is 1.24 bits per heavy atom. The summed E-state index contributed by atoms with van der Waals surface area (Å²) in [7, 11) is 0. The van der Waals surface area contributed by atoms with Gasteiger partial charge in [-0.15, -0.1) is 0 Å². The first-order valence-corrected chi connectivity index (χ1v) is 8.14. The van der Waals surface area contributed by atoms with Crippen molar-refractivity contribution < 1.29 is 9.59 Å². The Morgan fingerprint density at radius 2 is 2.00 bits per heavy atom. The molecule has 0 unspecified atom stereocenters. The minimum absolute atomic E-state index is 0.168. The Kier molecular flexibility index (Phi) is 4.29. The highest BCUT2D eigenvalue weighted by molar-refractivity contribution is 8.04. The summed E-state index contributed by atoms with van der Waals surface area (Å²) in [6.45, 7) is 0. The molecule has 2 amide bonds. The molecule has 1 aromatic carbocycles. The lowest BCUT2D eigenvalue weighted by Crippen LogP contribution is -2.35. The molecule has 4 nitrogen and oxygen atoms in total. The van der Waals surface area contributed by atoms with Crippen molar-refractivity contribution >= 4 is 29.3 Å². The number of carbonyl (C=O) groups excluding carboxylic acids is 2. The second-order valence-corrected chi connectivity index (χ2v) is 6.49. The van der Waals surface area contributed by atoms with E-state index in [0.717, 1.165) is 23.4 Å². The second-order valence-electron chi connectivity index (χ2n) is 5.40. The van der Waals surface area contributed by atoms with Crippen molar-refractivity contribution in [2.75, 3.05) is 5.32 Å². The van der Waals surface area contributed by atoms with E-state index in [-0.39, 0.29) is 17.9 Å². The van der Waals surface area contributed by atoms with Gasteiger partial charge in [0.15, 0.2) is 0 Å². The topological polar surface area (TPSA) is 58.2 Å². The van der Waals surface area contributed by atoms with Crippen LogP contribution < -0.4 is 10.6 Å². The van der Waals surface area contributed by atoms with E-state index in [2.05, 4.69) is 10.6 Å². The van der Waals surface area contributed by atoms with Gasteiger partial charge in [0.2, 0.25) is 5.91 Å². The summed E-state index contributed by atoms with van der Waals surface area (Å²) >= 11 is 1.34. The van der Waals surface area contributed by atoms with E-state index >= 15 is 0 Å². The molecule has 0 bridgehead atoms. The zero-order valence-electron chi connectivity index (χ0n) is 11.7. The molecule has 1 aliphatic carbocycles. The molecular weight excluding hydrogens is 284 g/mol. The molecule has 0 saturated heterocycles. The van der Waals surface area contributed by atoms with E-state index in [1.54, 1.807) is 0 Å². The zero-order valence-corrected chi connectivity index (χ0v) is 12.5. The van der Waals surface area contributed by atoms with Crippen LogP contribution in [0.1, 0.15) is 32.1 Å². The number of nitrogens with one attached hydrogen (secondary N) is 2. The Bertz CT molecular complexity index is 592. The molecule has 1 saturated carbocycles. The maximum absolute atomic E-state index is 12.1. The maximum Gasteiger partial charge on any atom is 0.262 e. The highest BCUT2D eigenvalue weighted by Crippen LogP contribution is 2.37. The van der Waals surface area contributed by atoms with E-state index in [9.17, 15) is 9.59 Å². The first-order chi connectivity index (χ1) is 10.2. The largest absolute Gasteiger partial charge is 0.350 e. The number of rotatable bonds is 2. The lowest BCUT2D eigenvalue weighted by Gasteiger charge is -2.22. The van der Waals surface area contributed by atoms with E-state index in [4.69, 9.17) is 0 Å². The Hall–Kier alpha value is -1.75. The normalized spacial score (nSPS) is 20.8. The molecule has 110 valence electrons. The van der Waals surface area contributed by atoms with Gasteiger partial charge in [0.1, 0.15) is 0 Å². The zero-order chi connectivity index (χ0) is 14.7. The third-order valence-electron chi connectivity index (χ3n) is 3.79. The molecule has 21 heavy (non-hydrogen) atoms. The van der Waals surface area contributed by atoms with Gasteiger partial charge in [-0.05, 0) is 25.0 Å². The van der Waals surface area contributed by atoms with Crippen LogP contribution in [-0.2, 0) is 9.59 Å². The van der Waals surface area contributed by atoms with Gasteiger partial charge in [0.05, 0.1) is 10.6 Å².